The van der Waals surface area contributed by atoms with Crippen LogP contribution in [0.1, 0.15) is 37.0 Å². The molecule has 0 aliphatic carbocycles. The number of carbonyl (C=O) groups excluding carboxylic acids is 2. The number of ether oxygens (including phenoxy) is 1. The molecule has 0 spiro atoms. The second-order valence-electron chi connectivity index (χ2n) is 5.74. The van der Waals surface area contributed by atoms with Gasteiger partial charge in [0.05, 0.1) is 5.56 Å². The molecule has 0 aromatic heterocycles. The third-order valence-electron chi connectivity index (χ3n) is 3.70. The zero-order valence-electron chi connectivity index (χ0n) is 14.1. The lowest BCUT2D eigenvalue weighted by Gasteiger charge is -2.13. The molecule has 0 aliphatic heterocycles. The predicted molar refractivity (Wildman–Crippen MR) is 94.7 cm³/mol. The summed E-state index contributed by atoms with van der Waals surface area (Å²) >= 11 is 0. The summed E-state index contributed by atoms with van der Waals surface area (Å²) in [6.07, 6.45) is 1.89. The zero-order chi connectivity index (χ0) is 17.4. The molecule has 0 aliphatic rings. The Hall–Kier alpha value is -2.62. The van der Waals surface area contributed by atoms with Gasteiger partial charge in [-0.1, -0.05) is 61.9 Å². The number of esters is 1. The first-order valence-corrected chi connectivity index (χ1v) is 8.22. The molecule has 2 aromatic carbocycles. The Kier molecular flexibility index (Phi) is 6.55. The fourth-order valence-corrected chi connectivity index (χ4v) is 2.56. The van der Waals surface area contributed by atoms with E-state index in [0.717, 1.165) is 24.0 Å². The maximum Gasteiger partial charge on any atom is 0.339 e. The van der Waals surface area contributed by atoms with Crippen LogP contribution in [0.4, 0.5) is 0 Å². The van der Waals surface area contributed by atoms with Gasteiger partial charge in [-0.25, -0.2) is 4.79 Å². The van der Waals surface area contributed by atoms with Crippen molar-refractivity contribution >= 4 is 11.9 Å². The zero-order valence-corrected chi connectivity index (χ0v) is 14.1. The van der Waals surface area contributed by atoms with Crippen molar-refractivity contribution < 1.29 is 14.3 Å². The minimum absolute atomic E-state index is 0.0813. The van der Waals surface area contributed by atoms with Gasteiger partial charge >= 0.3 is 5.97 Å². The molecule has 2 aromatic rings. The van der Waals surface area contributed by atoms with Crippen molar-refractivity contribution in [1.29, 1.82) is 0 Å². The molecule has 126 valence electrons. The molecule has 0 radical (unpaired) electrons. The van der Waals surface area contributed by atoms with Crippen molar-refractivity contribution in [1.82, 2.24) is 5.32 Å². The summed E-state index contributed by atoms with van der Waals surface area (Å²) in [5.41, 5.74) is 2.19. The van der Waals surface area contributed by atoms with Crippen molar-refractivity contribution in [3.8, 4) is 11.1 Å². The number of hydrogen-bond donors (Lipinski definition) is 1. The van der Waals surface area contributed by atoms with Crippen LogP contribution in [-0.4, -0.2) is 24.5 Å². The van der Waals surface area contributed by atoms with Crippen molar-refractivity contribution in [3.63, 3.8) is 0 Å². The lowest BCUT2D eigenvalue weighted by Crippen LogP contribution is -2.35. The molecule has 24 heavy (non-hydrogen) atoms. The maximum atomic E-state index is 12.4. The fraction of sp³-hybridized carbons (Fsp3) is 0.300. The summed E-state index contributed by atoms with van der Waals surface area (Å²) in [5, 5.41) is 2.82. The molecule has 2 rings (SSSR count). The summed E-state index contributed by atoms with van der Waals surface area (Å²) in [5.74, 6) is -0.769. The van der Waals surface area contributed by atoms with Gasteiger partial charge in [-0.2, -0.15) is 0 Å². The van der Waals surface area contributed by atoms with Crippen LogP contribution in [0, 0.1) is 0 Å². The van der Waals surface area contributed by atoms with Crippen LogP contribution in [0.3, 0.4) is 0 Å². The highest BCUT2D eigenvalue weighted by Crippen LogP contribution is 2.23. The molecule has 0 bridgehead atoms. The average molecular weight is 325 g/mol. The van der Waals surface area contributed by atoms with Crippen molar-refractivity contribution in [2.45, 2.75) is 32.7 Å². The van der Waals surface area contributed by atoms with E-state index in [1.165, 1.54) is 0 Å². The predicted octanol–water partition coefficient (Wildman–Crippen LogP) is 3.82. The molecule has 0 unspecified atom stereocenters. The van der Waals surface area contributed by atoms with Crippen LogP contribution in [0.15, 0.2) is 54.6 Å². The minimum atomic E-state index is -0.493. The second kappa shape index (κ2) is 8.87. The van der Waals surface area contributed by atoms with Crippen LogP contribution >= 0.6 is 0 Å². The van der Waals surface area contributed by atoms with Gasteiger partial charge in [-0.15, -0.1) is 0 Å². The van der Waals surface area contributed by atoms with Gasteiger partial charge in [0.25, 0.3) is 5.91 Å². The van der Waals surface area contributed by atoms with E-state index in [0.29, 0.717) is 5.56 Å². The van der Waals surface area contributed by atoms with Crippen LogP contribution < -0.4 is 5.32 Å². The Bertz CT molecular complexity index is 682. The molecule has 1 N–H and O–H groups in total. The molecular weight excluding hydrogens is 302 g/mol. The summed E-state index contributed by atoms with van der Waals surface area (Å²) in [6.45, 7) is 3.73. The van der Waals surface area contributed by atoms with Gasteiger partial charge in [0.15, 0.2) is 6.61 Å². The van der Waals surface area contributed by atoms with Gasteiger partial charge in [0, 0.05) is 6.04 Å². The number of hydrogen-bond acceptors (Lipinski definition) is 3. The highest BCUT2D eigenvalue weighted by atomic mass is 16.5. The lowest BCUT2D eigenvalue weighted by atomic mass is 10.00. The van der Waals surface area contributed by atoms with Crippen LogP contribution in [0.25, 0.3) is 11.1 Å². The van der Waals surface area contributed by atoms with Crippen molar-refractivity contribution in [2.24, 2.45) is 0 Å². The average Bonchev–Trinajstić information content (AvgIpc) is 2.60. The monoisotopic (exact) mass is 325 g/mol. The van der Waals surface area contributed by atoms with E-state index in [4.69, 9.17) is 4.74 Å². The van der Waals surface area contributed by atoms with Crippen molar-refractivity contribution in [3.05, 3.63) is 60.2 Å². The Morgan fingerprint density at radius 3 is 2.42 bits per heavy atom. The van der Waals surface area contributed by atoms with Crippen LogP contribution in [-0.2, 0) is 9.53 Å². The molecule has 1 amide bonds. The molecule has 4 heteroatoms. The number of benzene rings is 2. The quantitative estimate of drug-likeness (QED) is 0.788. The summed E-state index contributed by atoms with van der Waals surface area (Å²) in [7, 11) is 0. The largest absolute Gasteiger partial charge is 0.452 e. The minimum Gasteiger partial charge on any atom is -0.452 e. The van der Waals surface area contributed by atoms with Crippen LogP contribution in [0.5, 0.6) is 0 Å². The van der Waals surface area contributed by atoms with Gasteiger partial charge < -0.3 is 10.1 Å². The van der Waals surface area contributed by atoms with Crippen molar-refractivity contribution in [2.75, 3.05) is 6.61 Å². The van der Waals surface area contributed by atoms with E-state index < -0.39 is 5.97 Å². The van der Waals surface area contributed by atoms with E-state index >= 15 is 0 Å². The smallest absolute Gasteiger partial charge is 0.339 e. The first-order chi connectivity index (χ1) is 11.6. The third-order valence-corrected chi connectivity index (χ3v) is 3.70. The Balaban J connectivity index is 2.02. The standard InChI is InChI=1S/C20H23NO3/c1-3-9-15(2)21-19(22)14-24-20(23)18-13-8-7-12-17(18)16-10-5-4-6-11-16/h4-8,10-13,15H,3,9,14H2,1-2H3,(H,21,22)/t15-/m0/s1. The van der Waals surface area contributed by atoms with E-state index in [2.05, 4.69) is 12.2 Å². The Morgan fingerprint density at radius 2 is 1.71 bits per heavy atom. The van der Waals surface area contributed by atoms with Gasteiger partial charge in [0.2, 0.25) is 0 Å². The number of nitrogens with one attached hydrogen (secondary N) is 1. The molecular formula is C20H23NO3. The highest BCUT2D eigenvalue weighted by molar-refractivity contribution is 5.98. The second-order valence-corrected chi connectivity index (χ2v) is 5.74. The first kappa shape index (κ1) is 17.7. The normalized spacial score (nSPS) is 11.6. The van der Waals surface area contributed by atoms with E-state index in [1.54, 1.807) is 12.1 Å². The lowest BCUT2D eigenvalue weighted by molar-refractivity contribution is -0.124. The van der Waals surface area contributed by atoms with Crippen LogP contribution in [0.2, 0.25) is 0 Å². The fourth-order valence-electron chi connectivity index (χ4n) is 2.56. The molecule has 0 heterocycles. The van der Waals surface area contributed by atoms with E-state index in [-0.39, 0.29) is 18.6 Å². The van der Waals surface area contributed by atoms with Gasteiger partial charge in [-0.05, 0) is 30.5 Å². The van der Waals surface area contributed by atoms with Gasteiger partial charge in [0.1, 0.15) is 0 Å². The number of rotatable bonds is 7. The summed E-state index contributed by atoms with van der Waals surface area (Å²) < 4.78 is 5.18. The summed E-state index contributed by atoms with van der Waals surface area (Å²) in [6, 6.07) is 16.9. The molecule has 0 saturated heterocycles. The maximum absolute atomic E-state index is 12.4. The van der Waals surface area contributed by atoms with Gasteiger partial charge in [-0.3, -0.25) is 4.79 Å². The highest BCUT2D eigenvalue weighted by Gasteiger charge is 2.15. The Morgan fingerprint density at radius 1 is 1.04 bits per heavy atom. The first-order valence-electron chi connectivity index (χ1n) is 8.22. The SMILES string of the molecule is CCC[C@H](C)NC(=O)COC(=O)c1ccccc1-c1ccccc1. The molecule has 0 saturated carbocycles. The molecule has 4 nitrogen and oxygen atoms in total. The molecule has 0 fully saturated rings. The van der Waals surface area contributed by atoms with E-state index in [9.17, 15) is 9.59 Å². The van der Waals surface area contributed by atoms with E-state index in [1.807, 2.05) is 49.4 Å². The Labute approximate surface area is 142 Å². The number of carbonyl (C=O) groups is 2. The number of amides is 1. The summed E-state index contributed by atoms with van der Waals surface area (Å²) in [4.78, 5) is 24.2. The topological polar surface area (TPSA) is 55.4 Å². The third kappa shape index (κ3) is 4.95. The molecule has 1 atom stereocenters.